The Morgan fingerprint density at radius 3 is 2.88 bits per heavy atom. The fourth-order valence-electron chi connectivity index (χ4n) is 1.98. The van der Waals surface area contributed by atoms with Crippen LogP contribution in [0.25, 0.3) is 0 Å². The van der Waals surface area contributed by atoms with Gasteiger partial charge in [0.15, 0.2) is 0 Å². The third-order valence-electron chi connectivity index (χ3n) is 3.01. The molecule has 1 aromatic carbocycles. The van der Waals surface area contributed by atoms with Crippen molar-refractivity contribution in [2.45, 2.75) is 38.8 Å². The van der Waals surface area contributed by atoms with Crippen LogP contribution in [0.3, 0.4) is 0 Å². The first-order valence-electron chi connectivity index (χ1n) is 6.00. The zero-order chi connectivity index (χ0) is 11.5. The Morgan fingerprint density at radius 2 is 2.19 bits per heavy atom. The van der Waals surface area contributed by atoms with E-state index in [1.165, 1.54) is 11.3 Å². The molecule has 0 fully saturated rings. The van der Waals surface area contributed by atoms with Crippen molar-refractivity contribution in [1.29, 1.82) is 0 Å². The number of fused-ring (bicyclic) bond motifs is 1. The van der Waals surface area contributed by atoms with Gasteiger partial charge in [-0.3, -0.25) is 0 Å². The van der Waals surface area contributed by atoms with Crippen LogP contribution in [-0.4, -0.2) is 12.3 Å². The quantitative estimate of drug-likeness (QED) is 0.772. The van der Waals surface area contributed by atoms with E-state index < -0.39 is 8.30 Å². The van der Waals surface area contributed by atoms with E-state index in [1.807, 2.05) is 0 Å². The maximum Gasteiger partial charge on any atom is 0.132 e. The normalized spacial score (nSPS) is 24.8. The molecule has 88 valence electrons. The number of para-hydroxylation sites is 1. The second-order valence-electron chi connectivity index (χ2n) is 4.52. The van der Waals surface area contributed by atoms with E-state index in [0.717, 1.165) is 13.0 Å². The highest BCUT2D eigenvalue weighted by molar-refractivity contribution is 7.54. The Bertz CT molecular complexity index is 354. The molecule has 0 aromatic heterocycles. The van der Waals surface area contributed by atoms with Crippen molar-refractivity contribution in [3.63, 3.8) is 0 Å². The van der Waals surface area contributed by atoms with Crippen LogP contribution in [0.15, 0.2) is 24.3 Å². The van der Waals surface area contributed by atoms with Crippen LogP contribution in [0.1, 0.15) is 38.7 Å². The molecule has 1 aromatic rings. The lowest BCUT2D eigenvalue weighted by molar-refractivity contribution is 0.316. The van der Waals surface area contributed by atoms with Crippen LogP contribution in [0.4, 0.5) is 5.69 Å². The molecular formula is C13H20NOP. The molecule has 0 saturated heterocycles. The largest absolute Gasteiger partial charge is 0.342 e. The van der Waals surface area contributed by atoms with Crippen LogP contribution < -0.4 is 5.09 Å². The van der Waals surface area contributed by atoms with Crippen LogP contribution >= 0.6 is 8.30 Å². The van der Waals surface area contributed by atoms with E-state index in [4.69, 9.17) is 4.52 Å². The maximum absolute atomic E-state index is 6.00. The van der Waals surface area contributed by atoms with Gasteiger partial charge in [0.25, 0.3) is 0 Å². The Hall–Kier alpha value is -0.590. The predicted molar refractivity (Wildman–Crippen MR) is 71.1 cm³/mol. The van der Waals surface area contributed by atoms with Crippen molar-refractivity contribution < 1.29 is 4.52 Å². The molecule has 3 heteroatoms. The van der Waals surface area contributed by atoms with Gasteiger partial charge < -0.3 is 9.61 Å². The Kier molecular flexibility index (Phi) is 3.83. The van der Waals surface area contributed by atoms with Crippen molar-refractivity contribution in [1.82, 2.24) is 0 Å². The maximum atomic E-state index is 6.00. The smallest absolute Gasteiger partial charge is 0.132 e. The standard InChI is InChI=1S/C13H20NOP/c1-4-11-9-15-16(10(2)3)14-13-8-6-5-7-12(11)13/h5-8,10-11,14H,4,9H2,1-3H3/t11-,16?/m1/s1. The van der Waals surface area contributed by atoms with Crippen LogP contribution in [0.5, 0.6) is 0 Å². The van der Waals surface area contributed by atoms with E-state index >= 15 is 0 Å². The molecule has 0 saturated carbocycles. The molecule has 2 rings (SSSR count). The zero-order valence-electron chi connectivity index (χ0n) is 10.2. The predicted octanol–water partition coefficient (Wildman–Crippen LogP) is 4.34. The van der Waals surface area contributed by atoms with Gasteiger partial charge in [-0.1, -0.05) is 39.0 Å². The number of hydrogen-bond acceptors (Lipinski definition) is 2. The van der Waals surface area contributed by atoms with Crippen molar-refractivity contribution in [3.8, 4) is 0 Å². The van der Waals surface area contributed by atoms with E-state index in [0.29, 0.717) is 11.6 Å². The van der Waals surface area contributed by atoms with Gasteiger partial charge in [0.1, 0.15) is 8.30 Å². The van der Waals surface area contributed by atoms with Crippen molar-refractivity contribution in [2.75, 3.05) is 11.7 Å². The lowest BCUT2D eigenvalue weighted by Crippen LogP contribution is -2.05. The van der Waals surface area contributed by atoms with E-state index in [2.05, 4.69) is 50.1 Å². The van der Waals surface area contributed by atoms with E-state index in [9.17, 15) is 0 Å². The minimum absolute atomic E-state index is 0.526. The molecule has 16 heavy (non-hydrogen) atoms. The summed E-state index contributed by atoms with van der Waals surface area (Å²) in [4.78, 5) is 0. The van der Waals surface area contributed by atoms with Gasteiger partial charge in [-0.05, 0) is 18.1 Å². The third-order valence-corrected chi connectivity index (χ3v) is 4.83. The molecule has 1 heterocycles. The average molecular weight is 237 g/mol. The van der Waals surface area contributed by atoms with Crippen LogP contribution in [0.2, 0.25) is 0 Å². The molecule has 0 bridgehead atoms. The minimum atomic E-state index is -0.526. The molecule has 0 spiro atoms. The second kappa shape index (κ2) is 5.16. The average Bonchev–Trinajstić information content (AvgIpc) is 2.47. The highest BCUT2D eigenvalue weighted by Crippen LogP contribution is 2.48. The van der Waals surface area contributed by atoms with Gasteiger partial charge in [0, 0.05) is 17.3 Å². The minimum Gasteiger partial charge on any atom is -0.342 e. The molecule has 1 unspecified atom stereocenters. The fraction of sp³-hybridized carbons (Fsp3) is 0.538. The van der Waals surface area contributed by atoms with E-state index in [1.54, 1.807) is 0 Å². The summed E-state index contributed by atoms with van der Waals surface area (Å²) in [5, 5.41) is 3.57. The monoisotopic (exact) mass is 237 g/mol. The first-order valence-corrected chi connectivity index (χ1v) is 7.33. The Morgan fingerprint density at radius 1 is 1.44 bits per heavy atom. The summed E-state index contributed by atoms with van der Waals surface area (Å²) in [6.45, 7) is 7.51. The molecule has 1 N–H and O–H groups in total. The topological polar surface area (TPSA) is 21.3 Å². The first kappa shape index (κ1) is 11.9. The van der Waals surface area contributed by atoms with Crippen molar-refractivity contribution in [3.05, 3.63) is 29.8 Å². The van der Waals surface area contributed by atoms with Crippen LogP contribution in [-0.2, 0) is 4.52 Å². The third kappa shape index (κ3) is 2.39. The number of benzene rings is 1. The Balaban J connectivity index is 2.30. The number of hydrogen-bond donors (Lipinski definition) is 1. The highest BCUT2D eigenvalue weighted by atomic mass is 31.2. The molecule has 1 aliphatic heterocycles. The molecular weight excluding hydrogens is 217 g/mol. The molecule has 0 amide bonds. The summed E-state index contributed by atoms with van der Waals surface area (Å²) in [5.74, 6) is 0.537. The zero-order valence-corrected chi connectivity index (χ0v) is 11.1. The SMILES string of the molecule is CC[C@@H]1COP(C(C)C)Nc2ccccc21. The fourth-order valence-corrected chi connectivity index (χ4v) is 3.38. The summed E-state index contributed by atoms with van der Waals surface area (Å²) in [6, 6.07) is 8.60. The summed E-state index contributed by atoms with van der Waals surface area (Å²) in [6.07, 6.45) is 1.14. The molecule has 0 aliphatic carbocycles. The lowest BCUT2D eigenvalue weighted by atomic mass is 9.96. The number of rotatable bonds is 2. The van der Waals surface area contributed by atoms with Crippen molar-refractivity contribution >= 4 is 14.0 Å². The molecule has 0 radical (unpaired) electrons. The number of nitrogens with one attached hydrogen (secondary N) is 1. The summed E-state index contributed by atoms with van der Waals surface area (Å²) in [7, 11) is -0.526. The lowest BCUT2D eigenvalue weighted by Gasteiger charge is -2.20. The van der Waals surface area contributed by atoms with E-state index in [-0.39, 0.29) is 0 Å². The second-order valence-corrected chi connectivity index (χ2v) is 6.69. The molecule has 1 aliphatic rings. The molecule has 2 atom stereocenters. The highest BCUT2D eigenvalue weighted by Gasteiger charge is 2.24. The first-order chi connectivity index (χ1) is 7.72. The van der Waals surface area contributed by atoms with Gasteiger partial charge in [-0.15, -0.1) is 0 Å². The summed E-state index contributed by atoms with van der Waals surface area (Å²) >= 11 is 0. The van der Waals surface area contributed by atoms with Crippen LogP contribution in [0, 0.1) is 0 Å². The van der Waals surface area contributed by atoms with Gasteiger partial charge in [-0.25, -0.2) is 0 Å². The number of anilines is 1. The van der Waals surface area contributed by atoms with Gasteiger partial charge in [0.2, 0.25) is 0 Å². The van der Waals surface area contributed by atoms with Crippen molar-refractivity contribution in [2.24, 2.45) is 0 Å². The van der Waals surface area contributed by atoms with Gasteiger partial charge >= 0.3 is 0 Å². The van der Waals surface area contributed by atoms with Gasteiger partial charge in [-0.2, -0.15) is 0 Å². The van der Waals surface area contributed by atoms with Gasteiger partial charge in [0.05, 0.1) is 6.61 Å². The summed E-state index contributed by atoms with van der Waals surface area (Å²) < 4.78 is 6.00. The molecule has 2 nitrogen and oxygen atoms in total. The Labute approximate surface area is 99.3 Å². The summed E-state index contributed by atoms with van der Waals surface area (Å²) in [5.41, 5.74) is 3.24.